The molecule has 0 saturated heterocycles. The summed E-state index contributed by atoms with van der Waals surface area (Å²) in [5.74, 6) is 0. The van der Waals surface area contributed by atoms with Crippen LogP contribution in [0.5, 0.6) is 0 Å². The van der Waals surface area contributed by atoms with Crippen LogP contribution >= 0.6 is 0 Å². The predicted molar refractivity (Wildman–Crippen MR) is 86.4 cm³/mol. The Kier molecular flexibility index (Phi) is 5.45. The molecular formula is C16H17F3N4O2. The lowest BCUT2D eigenvalue weighted by Crippen LogP contribution is -2.34. The number of anilines is 1. The Morgan fingerprint density at radius 3 is 2.68 bits per heavy atom. The number of carbonyl (C=O) groups excluding carboxylic acids is 1. The van der Waals surface area contributed by atoms with E-state index in [-0.39, 0.29) is 24.3 Å². The Bertz CT molecular complexity index is 831. The molecule has 2 N–H and O–H groups in total. The van der Waals surface area contributed by atoms with E-state index >= 15 is 0 Å². The number of carbonyl (C=O) groups is 1. The van der Waals surface area contributed by atoms with E-state index in [1.807, 2.05) is 0 Å². The molecular weight excluding hydrogens is 337 g/mol. The summed E-state index contributed by atoms with van der Waals surface area (Å²) in [4.78, 5) is 27.8. The van der Waals surface area contributed by atoms with E-state index in [9.17, 15) is 22.8 Å². The largest absolute Gasteiger partial charge is 0.416 e. The summed E-state index contributed by atoms with van der Waals surface area (Å²) in [5, 5.41) is 4.80. The molecule has 1 heterocycles. The summed E-state index contributed by atoms with van der Waals surface area (Å²) < 4.78 is 39.2. The number of benzene rings is 1. The molecule has 0 atom stereocenters. The molecule has 2 amide bonds. The van der Waals surface area contributed by atoms with Gasteiger partial charge in [-0.2, -0.15) is 13.2 Å². The molecule has 25 heavy (non-hydrogen) atoms. The first-order chi connectivity index (χ1) is 11.7. The Balaban J connectivity index is 1.92. The van der Waals surface area contributed by atoms with Crippen molar-refractivity contribution in [2.24, 2.45) is 0 Å². The van der Waals surface area contributed by atoms with Crippen molar-refractivity contribution in [1.29, 1.82) is 0 Å². The molecule has 0 radical (unpaired) electrons. The number of hydrogen-bond acceptors (Lipinski definition) is 3. The van der Waals surface area contributed by atoms with Gasteiger partial charge < -0.3 is 10.6 Å². The van der Waals surface area contributed by atoms with Crippen molar-refractivity contribution in [2.75, 3.05) is 11.9 Å². The van der Waals surface area contributed by atoms with Crippen LogP contribution in [0.25, 0.3) is 0 Å². The third-order valence-corrected chi connectivity index (χ3v) is 3.60. The van der Waals surface area contributed by atoms with Crippen LogP contribution in [-0.2, 0) is 12.7 Å². The Morgan fingerprint density at radius 1 is 1.28 bits per heavy atom. The van der Waals surface area contributed by atoms with Crippen molar-refractivity contribution in [1.82, 2.24) is 14.9 Å². The smallest absolute Gasteiger partial charge is 0.336 e. The topological polar surface area (TPSA) is 76.0 Å². The van der Waals surface area contributed by atoms with E-state index in [0.29, 0.717) is 11.3 Å². The van der Waals surface area contributed by atoms with Gasteiger partial charge in [0.1, 0.15) is 0 Å². The first kappa shape index (κ1) is 18.5. The number of hydrogen-bond donors (Lipinski definition) is 2. The molecule has 0 aliphatic heterocycles. The zero-order valence-corrected chi connectivity index (χ0v) is 13.6. The molecule has 1 aromatic heterocycles. The maximum atomic E-state index is 12.6. The van der Waals surface area contributed by atoms with Crippen LogP contribution in [0.15, 0.2) is 35.4 Å². The fourth-order valence-corrected chi connectivity index (χ4v) is 2.07. The van der Waals surface area contributed by atoms with Crippen LogP contribution < -0.4 is 16.2 Å². The van der Waals surface area contributed by atoms with Crippen molar-refractivity contribution < 1.29 is 18.0 Å². The maximum absolute atomic E-state index is 12.6. The third kappa shape index (κ3) is 4.82. The summed E-state index contributed by atoms with van der Waals surface area (Å²) in [6.07, 6.45) is -3.09. The number of rotatable bonds is 4. The van der Waals surface area contributed by atoms with Crippen molar-refractivity contribution in [2.45, 2.75) is 26.6 Å². The van der Waals surface area contributed by atoms with E-state index in [2.05, 4.69) is 15.6 Å². The molecule has 0 bridgehead atoms. The normalized spacial score (nSPS) is 11.2. The number of alkyl halides is 3. The number of urea groups is 1. The number of aromatic nitrogens is 2. The van der Waals surface area contributed by atoms with Crippen LogP contribution in [0.3, 0.4) is 0 Å². The molecule has 1 aromatic carbocycles. The molecule has 0 saturated carbocycles. The van der Waals surface area contributed by atoms with Gasteiger partial charge in [-0.05, 0) is 32.0 Å². The number of nitrogens with zero attached hydrogens (tertiary/aromatic N) is 2. The van der Waals surface area contributed by atoms with Gasteiger partial charge in [-0.25, -0.2) is 9.78 Å². The predicted octanol–water partition coefficient (Wildman–Crippen LogP) is 2.70. The molecule has 134 valence electrons. The average Bonchev–Trinajstić information content (AvgIpc) is 2.54. The summed E-state index contributed by atoms with van der Waals surface area (Å²) in [6.45, 7) is 3.70. The quantitative estimate of drug-likeness (QED) is 0.886. The second-order valence-corrected chi connectivity index (χ2v) is 5.41. The van der Waals surface area contributed by atoms with Gasteiger partial charge in [0.25, 0.3) is 5.56 Å². The maximum Gasteiger partial charge on any atom is 0.416 e. The van der Waals surface area contributed by atoms with Gasteiger partial charge in [0.15, 0.2) is 0 Å². The van der Waals surface area contributed by atoms with E-state index in [0.717, 1.165) is 12.1 Å². The van der Waals surface area contributed by atoms with Crippen molar-refractivity contribution in [3.05, 3.63) is 57.8 Å². The third-order valence-electron chi connectivity index (χ3n) is 3.60. The SMILES string of the molecule is Cc1ncn(CCNC(=O)Nc2cccc(C(F)(F)F)c2)c(=O)c1C. The molecule has 2 rings (SSSR count). The molecule has 2 aromatic rings. The molecule has 6 nitrogen and oxygen atoms in total. The summed E-state index contributed by atoms with van der Waals surface area (Å²) >= 11 is 0. The van der Waals surface area contributed by atoms with Crippen LogP contribution in [0, 0.1) is 13.8 Å². The molecule has 0 aliphatic rings. The Hall–Kier alpha value is -2.84. The fraction of sp³-hybridized carbons (Fsp3) is 0.312. The van der Waals surface area contributed by atoms with Crippen LogP contribution in [-0.4, -0.2) is 22.1 Å². The number of amides is 2. The Labute approximate surface area is 141 Å². The molecule has 0 unspecified atom stereocenters. The highest BCUT2D eigenvalue weighted by molar-refractivity contribution is 5.89. The second kappa shape index (κ2) is 7.37. The fourth-order valence-electron chi connectivity index (χ4n) is 2.07. The van der Waals surface area contributed by atoms with Crippen molar-refractivity contribution in [3.8, 4) is 0 Å². The van der Waals surface area contributed by atoms with E-state index in [1.165, 1.54) is 23.0 Å². The molecule has 9 heteroatoms. The van der Waals surface area contributed by atoms with Gasteiger partial charge >= 0.3 is 12.2 Å². The van der Waals surface area contributed by atoms with E-state index in [1.54, 1.807) is 13.8 Å². The lowest BCUT2D eigenvalue weighted by Gasteiger charge is -2.11. The molecule has 0 fully saturated rings. The minimum absolute atomic E-state index is 0.0253. The monoisotopic (exact) mass is 354 g/mol. The number of nitrogens with one attached hydrogen (secondary N) is 2. The van der Waals surface area contributed by atoms with E-state index < -0.39 is 17.8 Å². The summed E-state index contributed by atoms with van der Waals surface area (Å²) in [6, 6.07) is 3.66. The lowest BCUT2D eigenvalue weighted by molar-refractivity contribution is -0.137. The highest BCUT2D eigenvalue weighted by Crippen LogP contribution is 2.30. The standard InChI is InChI=1S/C16H17F3N4O2/c1-10-11(2)21-9-23(14(10)24)7-6-20-15(25)22-13-5-3-4-12(8-13)16(17,18)19/h3-5,8-9H,6-7H2,1-2H3,(H2,20,22,25). The summed E-state index contributed by atoms with van der Waals surface area (Å²) in [5.41, 5.74) is 0.135. The number of aryl methyl sites for hydroxylation is 1. The van der Waals surface area contributed by atoms with Crippen LogP contribution in [0.4, 0.5) is 23.7 Å². The van der Waals surface area contributed by atoms with Gasteiger partial charge in [0, 0.05) is 30.0 Å². The van der Waals surface area contributed by atoms with Gasteiger partial charge in [0.2, 0.25) is 0 Å². The first-order valence-electron chi connectivity index (χ1n) is 7.43. The summed E-state index contributed by atoms with van der Waals surface area (Å²) in [7, 11) is 0. The van der Waals surface area contributed by atoms with Gasteiger partial charge in [0.05, 0.1) is 11.9 Å². The molecule has 0 spiro atoms. The van der Waals surface area contributed by atoms with Crippen molar-refractivity contribution >= 4 is 11.7 Å². The zero-order valence-electron chi connectivity index (χ0n) is 13.6. The van der Waals surface area contributed by atoms with E-state index in [4.69, 9.17) is 0 Å². The first-order valence-corrected chi connectivity index (χ1v) is 7.43. The van der Waals surface area contributed by atoms with Crippen LogP contribution in [0.2, 0.25) is 0 Å². The molecule has 0 aliphatic carbocycles. The van der Waals surface area contributed by atoms with Gasteiger partial charge in [-0.15, -0.1) is 0 Å². The lowest BCUT2D eigenvalue weighted by atomic mass is 10.2. The van der Waals surface area contributed by atoms with Gasteiger partial charge in [-0.1, -0.05) is 6.07 Å². The second-order valence-electron chi connectivity index (χ2n) is 5.41. The van der Waals surface area contributed by atoms with Crippen LogP contribution in [0.1, 0.15) is 16.8 Å². The highest BCUT2D eigenvalue weighted by Gasteiger charge is 2.30. The Morgan fingerprint density at radius 2 is 2.00 bits per heavy atom. The van der Waals surface area contributed by atoms with Crippen molar-refractivity contribution in [3.63, 3.8) is 0 Å². The number of halogens is 3. The van der Waals surface area contributed by atoms with Gasteiger partial charge in [-0.3, -0.25) is 9.36 Å². The minimum atomic E-state index is -4.48. The zero-order chi connectivity index (χ0) is 18.6. The average molecular weight is 354 g/mol. The minimum Gasteiger partial charge on any atom is -0.336 e. The highest BCUT2D eigenvalue weighted by atomic mass is 19.4.